The van der Waals surface area contributed by atoms with Gasteiger partial charge in [0.1, 0.15) is 0 Å². The summed E-state index contributed by atoms with van der Waals surface area (Å²) in [6, 6.07) is 16.5. The van der Waals surface area contributed by atoms with Crippen LogP contribution >= 0.6 is 0 Å². The monoisotopic (exact) mass is 294 g/mol. The lowest BCUT2D eigenvalue weighted by atomic mass is 9.91. The molecule has 1 amide bonds. The second-order valence-electron chi connectivity index (χ2n) is 6.06. The molecule has 0 radical (unpaired) electrons. The van der Waals surface area contributed by atoms with Gasteiger partial charge in [0.15, 0.2) is 0 Å². The van der Waals surface area contributed by atoms with Crippen LogP contribution in [0, 0.1) is 6.92 Å². The Kier molecular flexibility index (Phi) is 4.25. The maximum Gasteiger partial charge on any atom is 0.226 e. The molecule has 1 unspecified atom stereocenters. The zero-order valence-electron chi connectivity index (χ0n) is 13.2. The predicted octanol–water partition coefficient (Wildman–Crippen LogP) is 3.55. The molecule has 1 heterocycles. The Labute approximate surface area is 132 Å². The number of carbonyl (C=O) groups excluding carboxylic acids is 1. The van der Waals surface area contributed by atoms with Crippen LogP contribution in [0.3, 0.4) is 0 Å². The topological polar surface area (TPSA) is 32.3 Å². The highest BCUT2D eigenvalue weighted by Crippen LogP contribution is 2.31. The van der Waals surface area contributed by atoms with E-state index in [0.717, 1.165) is 18.7 Å². The second-order valence-corrected chi connectivity index (χ2v) is 6.06. The molecule has 114 valence electrons. The van der Waals surface area contributed by atoms with Crippen LogP contribution in [0.15, 0.2) is 48.5 Å². The predicted molar refractivity (Wildman–Crippen MR) is 89.9 cm³/mol. The minimum atomic E-state index is 0.0670. The van der Waals surface area contributed by atoms with Gasteiger partial charge in [0, 0.05) is 24.7 Å². The van der Waals surface area contributed by atoms with Crippen molar-refractivity contribution in [1.82, 2.24) is 4.90 Å². The largest absolute Gasteiger partial charge is 0.326 e. The lowest BCUT2D eigenvalue weighted by Gasteiger charge is -2.34. The molecule has 0 aromatic heterocycles. The Hall–Kier alpha value is -2.13. The van der Waals surface area contributed by atoms with Gasteiger partial charge >= 0.3 is 0 Å². The van der Waals surface area contributed by atoms with Crippen molar-refractivity contribution in [2.24, 2.45) is 0 Å². The van der Waals surface area contributed by atoms with E-state index in [9.17, 15) is 4.79 Å². The van der Waals surface area contributed by atoms with Crippen LogP contribution < -0.4 is 5.32 Å². The molecule has 1 aliphatic rings. The number of fused-ring (bicyclic) bond motifs is 1. The van der Waals surface area contributed by atoms with Gasteiger partial charge in [-0.05, 0) is 43.7 Å². The molecule has 3 nitrogen and oxygen atoms in total. The van der Waals surface area contributed by atoms with Gasteiger partial charge < -0.3 is 5.32 Å². The summed E-state index contributed by atoms with van der Waals surface area (Å²) in [6.45, 7) is 3.04. The van der Waals surface area contributed by atoms with Gasteiger partial charge in [0.25, 0.3) is 0 Å². The van der Waals surface area contributed by atoms with Crippen LogP contribution in [0.25, 0.3) is 0 Å². The number of aryl methyl sites for hydroxylation is 1. The average Bonchev–Trinajstić information content (AvgIpc) is 2.52. The Morgan fingerprint density at radius 3 is 2.68 bits per heavy atom. The van der Waals surface area contributed by atoms with Crippen molar-refractivity contribution < 1.29 is 4.79 Å². The third-order valence-corrected chi connectivity index (χ3v) is 4.39. The molecule has 2 aromatic rings. The quantitative estimate of drug-likeness (QED) is 0.939. The first-order chi connectivity index (χ1) is 10.6. The van der Waals surface area contributed by atoms with Gasteiger partial charge in [-0.15, -0.1) is 0 Å². The number of nitrogens with zero attached hydrogens (tertiary/aromatic N) is 1. The highest BCUT2D eigenvalue weighted by molar-refractivity contribution is 5.91. The number of hydrogen-bond donors (Lipinski definition) is 1. The first-order valence-corrected chi connectivity index (χ1v) is 7.78. The van der Waals surface area contributed by atoms with E-state index in [1.54, 1.807) is 0 Å². The second kappa shape index (κ2) is 6.32. The summed E-state index contributed by atoms with van der Waals surface area (Å²) in [7, 11) is 2.10. The molecule has 0 spiro atoms. The SMILES string of the molecule is Cc1ccc(NC(=O)CC2c3ccccc3CCN2C)cc1. The third kappa shape index (κ3) is 3.20. The lowest BCUT2D eigenvalue weighted by Crippen LogP contribution is -2.34. The van der Waals surface area contributed by atoms with Crippen LogP contribution in [0.4, 0.5) is 5.69 Å². The molecule has 0 fully saturated rings. The van der Waals surface area contributed by atoms with Crippen LogP contribution in [0.2, 0.25) is 0 Å². The van der Waals surface area contributed by atoms with E-state index in [0.29, 0.717) is 6.42 Å². The maximum atomic E-state index is 12.4. The van der Waals surface area contributed by atoms with Gasteiger partial charge in [-0.2, -0.15) is 0 Å². The van der Waals surface area contributed by atoms with E-state index in [1.165, 1.54) is 16.7 Å². The number of hydrogen-bond acceptors (Lipinski definition) is 2. The number of amides is 1. The molecule has 0 saturated heterocycles. The Morgan fingerprint density at radius 2 is 1.91 bits per heavy atom. The fourth-order valence-electron chi connectivity index (χ4n) is 3.07. The van der Waals surface area contributed by atoms with Crippen LogP contribution in [-0.4, -0.2) is 24.4 Å². The van der Waals surface area contributed by atoms with Gasteiger partial charge in [-0.25, -0.2) is 0 Å². The van der Waals surface area contributed by atoms with Gasteiger partial charge in [0.2, 0.25) is 5.91 Å². The lowest BCUT2D eigenvalue weighted by molar-refractivity contribution is -0.117. The summed E-state index contributed by atoms with van der Waals surface area (Å²) >= 11 is 0. The first kappa shape index (κ1) is 14.8. The molecule has 3 heteroatoms. The van der Waals surface area contributed by atoms with Crippen LogP contribution in [0.5, 0.6) is 0 Å². The smallest absolute Gasteiger partial charge is 0.226 e. The summed E-state index contributed by atoms with van der Waals surface area (Å²) < 4.78 is 0. The van der Waals surface area contributed by atoms with Gasteiger partial charge in [0.05, 0.1) is 0 Å². The molecular weight excluding hydrogens is 272 g/mol. The minimum absolute atomic E-state index is 0.0670. The summed E-state index contributed by atoms with van der Waals surface area (Å²) in [4.78, 5) is 14.7. The van der Waals surface area contributed by atoms with Crippen molar-refractivity contribution in [1.29, 1.82) is 0 Å². The van der Waals surface area contributed by atoms with E-state index in [-0.39, 0.29) is 11.9 Å². The van der Waals surface area contributed by atoms with E-state index < -0.39 is 0 Å². The zero-order valence-corrected chi connectivity index (χ0v) is 13.2. The molecule has 0 saturated carbocycles. The number of benzene rings is 2. The Bertz CT molecular complexity index is 663. The number of rotatable bonds is 3. The Balaban J connectivity index is 1.72. The standard InChI is InChI=1S/C19H22N2O/c1-14-7-9-16(10-8-14)20-19(22)13-18-17-6-4-3-5-15(17)11-12-21(18)2/h3-10,18H,11-13H2,1-2H3,(H,20,22). The van der Waals surface area contributed by atoms with Gasteiger partial charge in [-0.1, -0.05) is 42.0 Å². The van der Waals surface area contributed by atoms with E-state index in [1.807, 2.05) is 31.2 Å². The molecule has 2 aromatic carbocycles. The van der Waals surface area contributed by atoms with Crippen molar-refractivity contribution in [3.63, 3.8) is 0 Å². The Morgan fingerprint density at radius 1 is 1.18 bits per heavy atom. The number of nitrogens with one attached hydrogen (secondary N) is 1. The molecule has 3 rings (SSSR count). The van der Waals surface area contributed by atoms with Crippen LogP contribution in [-0.2, 0) is 11.2 Å². The van der Waals surface area contributed by atoms with Gasteiger partial charge in [-0.3, -0.25) is 9.69 Å². The summed E-state index contributed by atoms with van der Waals surface area (Å²) in [5, 5.41) is 3.00. The molecule has 0 aliphatic carbocycles. The number of anilines is 1. The van der Waals surface area contributed by atoms with Crippen molar-refractivity contribution in [2.75, 3.05) is 18.9 Å². The zero-order chi connectivity index (χ0) is 15.5. The molecule has 1 atom stereocenters. The number of carbonyl (C=O) groups is 1. The molecule has 1 N–H and O–H groups in total. The fraction of sp³-hybridized carbons (Fsp3) is 0.316. The maximum absolute atomic E-state index is 12.4. The molecule has 22 heavy (non-hydrogen) atoms. The van der Waals surface area contributed by atoms with E-state index in [4.69, 9.17) is 0 Å². The molecule has 1 aliphatic heterocycles. The van der Waals surface area contributed by atoms with Crippen molar-refractivity contribution in [3.8, 4) is 0 Å². The highest BCUT2D eigenvalue weighted by atomic mass is 16.1. The first-order valence-electron chi connectivity index (χ1n) is 7.78. The summed E-state index contributed by atoms with van der Waals surface area (Å²) in [5.74, 6) is 0.0670. The van der Waals surface area contributed by atoms with Crippen molar-refractivity contribution >= 4 is 11.6 Å². The third-order valence-electron chi connectivity index (χ3n) is 4.39. The minimum Gasteiger partial charge on any atom is -0.326 e. The molecule has 0 bridgehead atoms. The molecular formula is C19H22N2O. The van der Waals surface area contributed by atoms with Crippen LogP contribution in [0.1, 0.15) is 29.2 Å². The highest BCUT2D eigenvalue weighted by Gasteiger charge is 2.26. The average molecular weight is 294 g/mol. The van der Waals surface area contributed by atoms with Crippen molar-refractivity contribution in [3.05, 3.63) is 65.2 Å². The fourth-order valence-corrected chi connectivity index (χ4v) is 3.07. The summed E-state index contributed by atoms with van der Waals surface area (Å²) in [6.07, 6.45) is 1.55. The number of likely N-dealkylation sites (N-methyl/N-ethyl adjacent to an activating group) is 1. The van der Waals surface area contributed by atoms with Crippen molar-refractivity contribution in [2.45, 2.75) is 25.8 Å². The summed E-state index contributed by atoms with van der Waals surface area (Å²) in [5.41, 5.74) is 4.71. The van der Waals surface area contributed by atoms with E-state index in [2.05, 4.69) is 41.5 Å². The van der Waals surface area contributed by atoms with E-state index >= 15 is 0 Å². The normalized spacial score (nSPS) is 17.8.